The molecule has 0 saturated heterocycles. The molecule has 21 heavy (non-hydrogen) atoms. The van der Waals surface area contributed by atoms with E-state index in [9.17, 15) is 4.39 Å². The van der Waals surface area contributed by atoms with Crippen LogP contribution in [-0.4, -0.2) is 0 Å². The van der Waals surface area contributed by atoms with Gasteiger partial charge in [0.05, 0.1) is 0 Å². The predicted octanol–water partition coefficient (Wildman–Crippen LogP) is 4.98. The summed E-state index contributed by atoms with van der Waals surface area (Å²) in [5.41, 5.74) is 7.81. The fraction of sp³-hybridized carbons (Fsp3) is 0.333. The number of benzene rings is 2. The standard InChI is InChI=1S/C18H22FNO/c1-3-4-6-14-9-11-15(12-10-14)21-18-16(13(2)20)7-5-8-17(18)19/h5,7-13H,3-4,6,20H2,1-2H3. The molecule has 0 spiro atoms. The Hall–Kier alpha value is -1.87. The molecule has 2 N–H and O–H groups in total. The van der Waals surface area contributed by atoms with E-state index in [2.05, 4.69) is 6.92 Å². The topological polar surface area (TPSA) is 35.2 Å². The average molecular weight is 287 g/mol. The highest BCUT2D eigenvalue weighted by Crippen LogP contribution is 2.31. The molecule has 2 nitrogen and oxygen atoms in total. The summed E-state index contributed by atoms with van der Waals surface area (Å²) in [5.74, 6) is 0.455. The molecule has 0 aromatic heterocycles. The fourth-order valence-electron chi connectivity index (χ4n) is 2.21. The van der Waals surface area contributed by atoms with Crippen molar-refractivity contribution in [2.24, 2.45) is 5.73 Å². The lowest BCUT2D eigenvalue weighted by Gasteiger charge is -2.14. The van der Waals surface area contributed by atoms with Crippen molar-refractivity contribution < 1.29 is 9.13 Å². The smallest absolute Gasteiger partial charge is 0.167 e. The largest absolute Gasteiger partial charge is 0.454 e. The zero-order chi connectivity index (χ0) is 15.2. The van der Waals surface area contributed by atoms with Crippen LogP contribution in [0.3, 0.4) is 0 Å². The van der Waals surface area contributed by atoms with Gasteiger partial charge in [0.1, 0.15) is 5.75 Å². The number of halogens is 1. The Kier molecular flexibility index (Phi) is 5.34. The molecule has 0 aliphatic carbocycles. The van der Waals surface area contributed by atoms with Crippen molar-refractivity contribution in [3.8, 4) is 11.5 Å². The van der Waals surface area contributed by atoms with E-state index in [0.29, 0.717) is 11.3 Å². The molecule has 0 aliphatic heterocycles. The second kappa shape index (κ2) is 7.23. The first-order valence-electron chi connectivity index (χ1n) is 7.42. The van der Waals surface area contributed by atoms with Crippen molar-refractivity contribution in [1.29, 1.82) is 0 Å². The van der Waals surface area contributed by atoms with E-state index >= 15 is 0 Å². The maximum Gasteiger partial charge on any atom is 0.167 e. The molecule has 2 aromatic carbocycles. The van der Waals surface area contributed by atoms with Gasteiger partial charge in [-0.25, -0.2) is 4.39 Å². The van der Waals surface area contributed by atoms with Crippen molar-refractivity contribution >= 4 is 0 Å². The number of hydrogen-bond acceptors (Lipinski definition) is 2. The highest BCUT2D eigenvalue weighted by molar-refractivity contribution is 5.41. The van der Waals surface area contributed by atoms with Crippen LogP contribution in [0.4, 0.5) is 4.39 Å². The van der Waals surface area contributed by atoms with Crippen LogP contribution in [0.15, 0.2) is 42.5 Å². The number of hydrogen-bond donors (Lipinski definition) is 1. The van der Waals surface area contributed by atoms with Crippen LogP contribution in [0.25, 0.3) is 0 Å². The minimum Gasteiger partial charge on any atom is -0.454 e. The average Bonchev–Trinajstić information content (AvgIpc) is 2.48. The van der Waals surface area contributed by atoms with Gasteiger partial charge in [0.2, 0.25) is 0 Å². The van der Waals surface area contributed by atoms with E-state index < -0.39 is 0 Å². The predicted molar refractivity (Wildman–Crippen MR) is 84.1 cm³/mol. The van der Waals surface area contributed by atoms with Crippen molar-refractivity contribution in [2.75, 3.05) is 0 Å². The van der Waals surface area contributed by atoms with Gasteiger partial charge in [0.25, 0.3) is 0 Å². The Labute approximate surface area is 125 Å². The van der Waals surface area contributed by atoms with Gasteiger partial charge in [-0.15, -0.1) is 0 Å². The summed E-state index contributed by atoms with van der Waals surface area (Å²) in [6.07, 6.45) is 3.40. The number of aryl methyl sites for hydroxylation is 1. The van der Waals surface area contributed by atoms with Crippen LogP contribution in [0.2, 0.25) is 0 Å². The van der Waals surface area contributed by atoms with Crippen molar-refractivity contribution in [2.45, 2.75) is 39.2 Å². The number of rotatable bonds is 6. The molecule has 112 valence electrons. The Balaban J connectivity index is 2.18. The normalized spacial score (nSPS) is 12.2. The van der Waals surface area contributed by atoms with E-state index in [0.717, 1.165) is 6.42 Å². The number of ether oxygens (including phenoxy) is 1. The molecule has 1 unspecified atom stereocenters. The molecule has 0 fully saturated rings. The van der Waals surface area contributed by atoms with E-state index in [1.54, 1.807) is 12.1 Å². The first-order chi connectivity index (χ1) is 10.1. The van der Waals surface area contributed by atoms with Gasteiger partial charge in [-0.1, -0.05) is 37.6 Å². The van der Waals surface area contributed by atoms with Crippen molar-refractivity contribution in [3.63, 3.8) is 0 Å². The summed E-state index contributed by atoms with van der Waals surface area (Å²) in [5, 5.41) is 0. The number of nitrogens with two attached hydrogens (primary N) is 1. The van der Waals surface area contributed by atoms with Crippen LogP contribution in [0.1, 0.15) is 43.9 Å². The van der Waals surface area contributed by atoms with Crippen LogP contribution < -0.4 is 10.5 Å². The first-order valence-corrected chi connectivity index (χ1v) is 7.42. The zero-order valence-electron chi connectivity index (χ0n) is 12.6. The van der Waals surface area contributed by atoms with E-state index in [-0.39, 0.29) is 17.6 Å². The van der Waals surface area contributed by atoms with Crippen LogP contribution >= 0.6 is 0 Å². The van der Waals surface area contributed by atoms with E-state index in [1.807, 2.05) is 31.2 Å². The maximum atomic E-state index is 14.0. The van der Waals surface area contributed by atoms with Crippen molar-refractivity contribution in [1.82, 2.24) is 0 Å². The summed E-state index contributed by atoms with van der Waals surface area (Å²) >= 11 is 0. The Morgan fingerprint density at radius 3 is 2.48 bits per heavy atom. The molecule has 0 amide bonds. The molecule has 2 rings (SSSR count). The lowest BCUT2D eigenvalue weighted by atomic mass is 10.1. The monoisotopic (exact) mass is 287 g/mol. The van der Waals surface area contributed by atoms with Gasteiger partial charge in [-0.3, -0.25) is 0 Å². The molecule has 0 saturated carbocycles. The lowest BCUT2D eigenvalue weighted by molar-refractivity contribution is 0.432. The molecule has 0 heterocycles. The summed E-state index contributed by atoms with van der Waals surface area (Å²) in [6.45, 7) is 3.99. The molecule has 0 bridgehead atoms. The van der Waals surface area contributed by atoms with Gasteiger partial charge in [-0.05, 0) is 43.5 Å². The second-order valence-corrected chi connectivity index (χ2v) is 5.30. The van der Waals surface area contributed by atoms with Crippen LogP contribution in [0.5, 0.6) is 11.5 Å². The quantitative estimate of drug-likeness (QED) is 0.813. The number of unbranched alkanes of at least 4 members (excludes halogenated alkanes) is 1. The van der Waals surface area contributed by atoms with Gasteiger partial charge >= 0.3 is 0 Å². The van der Waals surface area contributed by atoms with Crippen molar-refractivity contribution in [3.05, 3.63) is 59.4 Å². The Morgan fingerprint density at radius 2 is 1.86 bits per heavy atom. The van der Waals surface area contributed by atoms with Gasteiger partial charge < -0.3 is 10.5 Å². The molecular formula is C18H22FNO. The second-order valence-electron chi connectivity index (χ2n) is 5.30. The number of para-hydroxylation sites is 1. The summed E-state index contributed by atoms with van der Waals surface area (Å²) in [6, 6.07) is 12.4. The molecular weight excluding hydrogens is 265 g/mol. The summed E-state index contributed by atoms with van der Waals surface area (Å²) in [7, 11) is 0. The molecule has 1 atom stereocenters. The third kappa shape index (κ3) is 4.05. The maximum absolute atomic E-state index is 14.0. The van der Waals surface area contributed by atoms with Gasteiger partial charge in [0, 0.05) is 11.6 Å². The van der Waals surface area contributed by atoms with Gasteiger partial charge in [-0.2, -0.15) is 0 Å². The summed E-state index contributed by atoms with van der Waals surface area (Å²) < 4.78 is 19.7. The zero-order valence-corrected chi connectivity index (χ0v) is 12.6. The molecule has 0 radical (unpaired) electrons. The lowest BCUT2D eigenvalue weighted by Crippen LogP contribution is -2.07. The highest BCUT2D eigenvalue weighted by atomic mass is 19.1. The fourth-order valence-corrected chi connectivity index (χ4v) is 2.21. The molecule has 3 heteroatoms. The first kappa shape index (κ1) is 15.5. The Bertz CT molecular complexity index is 578. The van der Waals surface area contributed by atoms with Crippen LogP contribution in [0, 0.1) is 5.82 Å². The molecule has 2 aromatic rings. The SMILES string of the molecule is CCCCc1ccc(Oc2c(F)cccc2C(C)N)cc1. The minimum absolute atomic E-state index is 0.216. The van der Waals surface area contributed by atoms with E-state index in [1.165, 1.54) is 24.5 Å². The van der Waals surface area contributed by atoms with Gasteiger partial charge in [0.15, 0.2) is 11.6 Å². The third-order valence-corrected chi connectivity index (χ3v) is 3.45. The Morgan fingerprint density at radius 1 is 1.14 bits per heavy atom. The highest BCUT2D eigenvalue weighted by Gasteiger charge is 2.13. The summed E-state index contributed by atoms with van der Waals surface area (Å²) in [4.78, 5) is 0. The minimum atomic E-state index is -0.389. The van der Waals surface area contributed by atoms with Crippen LogP contribution in [-0.2, 0) is 6.42 Å². The molecule has 0 aliphatic rings. The van der Waals surface area contributed by atoms with E-state index in [4.69, 9.17) is 10.5 Å². The third-order valence-electron chi connectivity index (χ3n) is 3.45.